The van der Waals surface area contributed by atoms with Gasteiger partial charge in [-0.1, -0.05) is 0 Å². The molecular weight excluding hydrogens is 434 g/mol. The number of carbonyl (C=O) groups is 2. The average molecular weight is 464 g/mol. The number of piperidine rings is 1. The molecule has 7 nitrogen and oxygen atoms in total. The lowest BCUT2D eigenvalue weighted by Crippen LogP contribution is -2.40. The summed E-state index contributed by atoms with van der Waals surface area (Å²) in [7, 11) is 3.15. The lowest BCUT2D eigenvalue weighted by atomic mass is 9.88. The van der Waals surface area contributed by atoms with Gasteiger partial charge in [0.25, 0.3) is 0 Å². The highest BCUT2D eigenvalue weighted by atomic mass is 16.5. The van der Waals surface area contributed by atoms with Crippen LogP contribution in [-0.2, 0) is 11.2 Å². The van der Waals surface area contributed by atoms with E-state index in [2.05, 4.69) is 0 Å². The Kier molecular flexibility index (Phi) is 7.01. The van der Waals surface area contributed by atoms with Gasteiger partial charge in [0.15, 0.2) is 5.78 Å². The van der Waals surface area contributed by atoms with Gasteiger partial charge in [-0.3, -0.25) is 9.59 Å². The second kappa shape index (κ2) is 10.1. The highest BCUT2D eigenvalue weighted by molar-refractivity contribution is 5.98. The van der Waals surface area contributed by atoms with Crippen molar-refractivity contribution in [2.75, 3.05) is 27.3 Å². The number of hydrogen-bond donors (Lipinski definition) is 0. The van der Waals surface area contributed by atoms with Crippen LogP contribution < -0.4 is 15.1 Å². The van der Waals surface area contributed by atoms with Gasteiger partial charge in [0.05, 0.1) is 14.2 Å². The average Bonchev–Trinajstić information content (AvgIpc) is 2.87. The number of hydrogen-bond acceptors (Lipinski definition) is 6. The third-order valence-corrected chi connectivity index (χ3v) is 6.68. The Balaban J connectivity index is 1.36. The van der Waals surface area contributed by atoms with Crippen LogP contribution >= 0.6 is 0 Å². The van der Waals surface area contributed by atoms with Crippen molar-refractivity contribution >= 4 is 22.7 Å². The van der Waals surface area contributed by atoms with Crippen molar-refractivity contribution in [2.45, 2.75) is 32.6 Å². The van der Waals surface area contributed by atoms with Crippen molar-refractivity contribution in [3.63, 3.8) is 0 Å². The summed E-state index contributed by atoms with van der Waals surface area (Å²) >= 11 is 0. The Bertz CT molecular complexity index is 1250. The molecule has 2 heterocycles. The van der Waals surface area contributed by atoms with Crippen molar-refractivity contribution in [3.05, 3.63) is 69.6 Å². The van der Waals surface area contributed by atoms with Gasteiger partial charge in [0.2, 0.25) is 5.91 Å². The summed E-state index contributed by atoms with van der Waals surface area (Å²) in [6.45, 7) is 2.95. The molecule has 34 heavy (non-hydrogen) atoms. The minimum absolute atomic E-state index is 0.0102. The number of ether oxygens (including phenoxy) is 2. The van der Waals surface area contributed by atoms with Crippen molar-refractivity contribution in [1.82, 2.24) is 4.90 Å². The van der Waals surface area contributed by atoms with E-state index in [9.17, 15) is 14.4 Å². The Morgan fingerprint density at radius 1 is 1.00 bits per heavy atom. The first-order chi connectivity index (χ1) is 16.4. The van der Waals surface area contributed by atoms with Crippen LogP contribution in [0.15, 0.2) is 51.7 Å². The van der Waals surface area contributed by atoms with Crippen LogP contribution in [0.1, 0.15) is 40.7 Å². The predicted molar refractivity (Wildman–Crippen MR) is 129 cm³/mol. The van der Waals surface area contributed by atoms with E-state index in [1.807, 2.05) is 19.1 Å². The Morgan fingerprint density at radius 2 is 1.65 bits per heavy atom. The number of methoxy groups -OCH3 is 2. The number of Topliss-reactive ketones (excluding diaryl/α,β-unsaturated/α-hetero) is 1. The van der Waals surface area contributed by atoms with E-state index >= 15 is 0 Å². The number of amides is 1. The van der Waals surface area contributed by atoms with Crippen molar-refractivity contribution < 1.29 is 23.5 Å². The number of aryl methyl sites for hydroxylation is 1. The van der Waals surface area contributed by atoms with Gasteiger partial charge in [-0.15, -0.1) is 0 Å². The fraction of sp³-hybridized carbons (Fsp3) is 0.370. The lowest BCUT2D eigenvalue weighted by molar-refractivity contribution is -0.132. The number of carbonyl (C=O) groups excluding carboxylic acids is 2. The second-order valence-electron chi connectivity index (χ2n) is 8.60. The zero-order valence-corrected chi connectivity index (χ0v) is 19.8. The molecule has 1 saturated heterocycles. The number of nitrogens with zero attached hydrogens (tertiary/aromatic N) is 1. The molecule has 0 aliphatic carbocycles. The van der Waals surface area contributed by atoms with Crippen molar-refractivity contribution in [1.29, 1.82) is 0 Å². The van der Waals surface area contributed by atoms with E-state index in [1.165, 1.54) is 0 Å². The van der Waals surface area contributed by atoms with Gasteiger partial charge in [0.1, 0.15) is 17.1 Å². The minimum atomic E-state index is -0.421. The summed E-state index contributed by atoms with van der Waals surface area (Å²) in [6.07, 6.45) is 1.81. The molecule has 0 unspecified atom stereocenters. The topological polar surface area (TPSA) is 86.1 Å². The fourth-order valence-electron chi connectivity index (χ4n) is 4.56. The number of fused-ring (bicyclic) bond motifs is 1. The molecule has 1 aliphatic heterocycles. The first kappa shape index (κ1) is 23.5. The Hall–Kier alpha value is -3.61. The van der Waals surface area contributed by atoms with E-state index < -0.39 is 5.63 Å². The van der Waals surface area contributed by atoms with Crippen molar-refractivity contribution in [3.8, 4) is 11.5 Å². The zero-order chi connectivity index (χ0) is 24.2. The summed E-state index contributed by atoms with van der Waals surface area (Å²) in [6, 6.07) is 12.5. The molecule has 1 aliphatic rings. The van der Waals surface area contributed by atoms with E-state index in [0.29, 0.717) is 60.6 Å². The van der Waals surface area contributed by atoms with E-state index in [4.69, 9.17) is 13.9 Å². The van der Waals surface area contributed by atoms with Gasteiger partial charge in [-0.25, -0.2) is 4.79 Å². The summed E-state index contributed by atoms with van der Waals surface area (Å²) in [4.78, 5) is 40.0. The standard InChI is InChI=1S/C27H29NO6/c1-17-22-9-8-21(33-3)16-24(22)34-27(31)23(17)10-11-25(29)28-14-12-19(13-15-28)26(30)18-4-6-20(32-2)7-5-18/h4-9,16,19H,10-15H2,1-3H3. The third-order valence-electron chi connectivity index (χ3n) is 6.68. The van der Waals surface area contributed by atoms with Gasteiger partial charge < -0.3 is 18.8 Å². The summed E-state index contributed by atoms with van der Waals surface area (Å²) < 4.78 is 15.8. The molecule has 0 N–H and O–H groups in total. The smallest absolute Gasteiger partial charge is 0.339 e. The van der Waals surface area contributed by atoms with Gasteiger partial charge in [-0.05, 0) is 68.1 Å². The van der Waals surface area contributed by atoms with Crippen molar-refractivity contribution in [2.24, 2.45) is 5.92 Å². The highest BCUT2D eigenvalue weighted by Crippen LogP contribution is 2.26. The van der Waals surface area contributed by atoms with Gasteiger partial charge in [0, 0.05) is 48.0 Å². The van der Waals surface area contributed by atoms with Crippen LogP contribution in [0, 0.1) is 12.8 Å². The molecule has 1 fully saturated rings. The highest BCUT2D eigenvalue weighted by Gasteiger charge is 2.28. The molecule has 0 spiro atoms. The molecule has 0 atom stereocenters. The summed E-state index contributed by atoms with van der Waals surface area (Å²) in [5, 5.41) is 0.834. The number of likely N-dealkylation sites (tertiary alicyclic amines) is 1. The largest absolute Gasteiger partial charge is 0.497 e. The number of rotatable bonds is 7. The lowest BCUT2D eigenvalue weighted by Gasteiger charge is -2.31. The monoisotopic (exact) mass is 463 g/mol. The maximum atomic E-state index is 12.8. The Labute approximate surface area is 198 Å². The summed E-state index contributed by atoms with van der Waals surface area (Å²) in [5.41, 5.74) is 2.07. The molecule has 3 aromatic rings. The molecule has 7 heteroatoms. The van der Waals surface area contributed by atoms with Crippen LogP contribution in [0.4, 0.5) is 0 Å². The molecule has 0 radical (unpaired) electrons. The van der Waals surface area contributed by atoms with E-state index in [0.717, 1.165) is 10.9 Å². The van der Waals surface area contributed by atoms with Crippen LogP contribution in [0.3, 0.4) is 0 Å². The van der Waals surface area contributed by atoms with E-state index in [-0.39, 0.29) is 24.0 Å². The molecular formula is C27H29NO6. The second-order valence-corrected chi connectivity index (χ2v) is 8.60. The molecule has 2 aromatic carbocycles. The SMILES string of the molecule is COc1ccc(C(=O)C2CCN(C(=O)CCc3c(C)c4ccc(OC)cc4oc3=O)CC2)cc1. The molecule has 0 saturated carbocycles. The first-order valence-corrected chi connectivity index (χ1v) is 11.5. The first-order valence-electron chi connectivity index (χ1n) is 11.5. The quantitative estimate of drug-likeness (QED) is 0.386. The van der Waals surface area contributed by atoms with E-state index in [1.54, 1.807) is 49.5 Å². The number of ketones is 1. The maximum absolute atomic E-state index is 12.8. The van der Waals surface area contributed by atoms with Crippen LogP contribution in [0.25, 0.3) is 11.0 Å². The molecule has 1 aromatic heterocycles. The van der Waals surface area contributed by atoms with Crippen LogP contribution in [-0.4, -0.2) is 43.9 Å². The fourth-order valence-corrected chi connectivity index (χ4v) is 4.56. The molecule has 0 bridgehead atoms. The molecule has 1 amide bonds. The van der Waals surface area contributed by atoms with Gasteiger partial charge in [-0.2, -0.15) is 0 Å². The number of benzene rings is 2. The predicted octanol–water partition coefficient (Wildman–Crippen LogP) is 4.17. The maximum Gasteiger partial charge on any atom is 0.339 e. The molecule has 178 valence electrons. The zero-order valence-electron chi connectivity index (χ0n) is 19.8. The third kappa shape index (κ3) is 4.83. The summed E-state index contributed by atoms with van der Waals surface area (Å²) in [5.74, 6) is 1.34. The Morgan fingerprint density at radius 3 is 2.29 bits per heavy atom. The van der Waals surface area contributed by atoms with Crippen LogP contribution in [0.2, 0.25) is 0 Å². The van der Waals surface area contributed by atoms with Crippen LogP contribution in [0.5, 0.6) is 11.5 Å². The van der Waals surface area contributed by atoms with Gasteiger partial charge >= 0.3 is 5.63 Å². The minimum Gasteiger partial charge on any atom is -0.497 e. The molecule has 4 rings (SSSR count). The normalized spacial score (nSPS) is 14.3.